The van der Waals surface area contributed by atoms with Gasteiger partial charge in [0.1, 0.15) is 5.75 Å². The summed E-state index contributed by atoms with van der Waals surface area (Å²) < 4.78 is 16.5. The van der Waals surface area contributed by atoms with Crippen LogP contribution in [0, 0.1) is 13.8 Å². The molecule has 0 aliphatic rings. The van der Waals surface area contributed by atoms with E-state index in [4.69, 9.17) is 14.2 Å². The van der Waals surface area contributed by atoms with Gasteiger partial charge >= 0.3 is 0 Å². The Morgan fingerprint density at radius 3 is 2.41 bits per heavy atom. The van der Waals surface area contributed by atoms with Gasteiger partial charge in [0.05, 0.1) is 26.2 Å². The van der Waals surface area contributed by atoms with Crippen LogP contribution >= 0.6 is 0 Å². The van der Waals surface area contributed by atoms with Gasteiger partial charge in [-0.05, 0) is 63.1 Å². The number of ether oxygens (including phenoxy) is 3. The third kappa shape index (κ3) is 6.71. The largest absolute Gasteiger partial charge is 0.493 e. The van der Waals surface area contributed by atoms with Crippen LogP contribution in [0.3, 0.4) is 0 Å². The van der Waals surface area contributed by atoms with Gasteiger partial charge in [-0.2, -0.15) is 0 Å². The molecule has 0 spiro atoms. The van der Waals surface area contributed by atoms with E-state index in [9.17, 15) is 9.59 Å². The minimum Gasteiger partial charge on any atom is -0.493 e. The second-order valence-electron chi connectivity index (χ2n) is 6.90. The van der Waals surface area contributed by atoms with E-state index in [1.807, 2.05) is 45.9 Å². The number of aryl methyl sites for hydroxylation is 2. The highest BCUT2D eigenvalue weighted by molar-refractivity contribution is 5.96. The Morgan fingerprint density at radius 2 is 1.72 bits per heavy atom. The summed E-state index contributed by atoms with van der Waals surface area (Å²) in [7, 11) is 1.50. The Balaban J connectivity index is 1.83. The second-order valence-corrected chi connectivity index (χ2v) is 6.90. The number of hydrogen-bond acceptors (Lipinski definition) is 5. The molecule has 0 atom stereocenters. The summed E-state index contributed by atoms with van der Waals surface area (Å²) in [6.45, 7) is 7.94. The molecule has 0 bridgehead atoms. The molecule has 0 unspecified atom stereocenters. The van der Waals surface area contributed by atoms with Crippen molar-refractivity contribution in [2.45, 2.75) is 40.2 Å². The van der Waals surface area contributed by atoms with Gasteiger partial charge in [0.15, 0.2) is 11.5 Å². The number of rotatable bonds is 8. The van der Waals surface area contributed by atoms with Crippen LogP contribution in [0.5, 0.6) is 17.2 Å². The molecule has 2 rings (SSSR count). The van der Waals surface area contributed by atoms with Crippen molar-refractivity contribution < 1.29 is 23.8 Å². The van der Waals surface area contributed by atoms with Crippen molar-refractivity contribution in [3.8, 4) is 17.2 Å². The van der Waals surface area contributed by atoms with Crippen molar-refractivity contribution >= 4 is 11.8 Å². The Hall–Kier alpha value is -3.22. The maximum Gasteiger partial charge on any atom is 0.269 e. The average molecular weight is 400 g/mol. The van der Waals surface area contributed by atoms with E-state index in [0.29, 0.717) is 17.1 Å². The summed E-state index contributed by atoms with van der Waals surface area (Å²) in [6, 6.07) is 10.7. The number of amides is 2. The van der Waals surface area contributed by atoms with Crippen LogP contribution in [0.2, 0.25) is 0 Å². The fourth-order valence-electron chi connectivity index (χ4n) is 2.54. The van der Waals surface area contributed by atoms with Crippen molar-refractivity contribution in [2.24, 2.45) is 0 Å². The van der Waals surface area contributed by atoms with Crippen molar-refractivity contribution in [3.63, 3.8) is 0 Å². The predicted octanol–water partition coefficient (Wildman–Crippen LogP) is 3.33. The lowest BCUT2D eigenvalue weighted by atomic mass is 10.1. The molecule has 0 aliphatic heterocycles. The van der Waals surface area contributed by atoms with Crippen molar-refractivity contribution in [3.05, 3.63) is 53.1 Å². The van der Waals surface area contributed by atoms with Gasteiger partial charge in [0.25, 0.3) is 5.91 Å². The van der Waals surface area contributed by atoms with E-state index in [1.54, 1.807) is 18.2 Å². The number of carbonyl (C=O) groups excluding carboxylic acids is 2. The van der Waals surface area contributed by atoms with Crippen LogP contribution in [-0.2, 0) is 4.79 Å². The Morgan fingerprint density at radius 1 is 0.966 bits per heavy atom. The molecular formula is C22H28N2O5. The van der Waals surface area contributed by atoms with E-state index in [-0.39, 0.29) is 25.0 Å². The first-order valence-electron chi connectivity index (χ1n) is 9.44. The summed E-state index contributed by atoms with van der Waals surface area (Å²) in [5.41, 5.74) is 7.20. The number of hydrogen-bond donors (Lipinski definition) is 2. The molecule has 7 heteroatoms. The lowest BCUT2D eigenvalue weighted by molar-refractivity contribution is -0.122. The maximum absolute atomic E-state index is 12.3. The van der Waals surface area contributed by atoms with Gasteiger partial charge in [0.2, 0.25) is 5.91 Å². The summed E-state index contributed by atoms with van der Waals surface area (Å²) in [6.07, 6.45) is 0.0895. The van der Waals surface area contributed by atoms with E-state index in [2.05, 4.69) is 10.9 Å². The second kappa shape index (κ2) is 10.4. The van der Waals surface area contributed by atoms with Crippen molar-refractivity contribution in [1.29, 1.82) is 0 Å². The van der Waals surface area contributed by atoms with Gasteiger partial charge in [-0.15, -0.1) is 0 Å². The zero-order valence-electron chi connectivity index (χ0n) is 17.5. The van der Waals surface area contributed by atoms with Gasteiger partial charge < -0.3 is 14.2 Å². The molecule has 2 N–H and O–H groups in total. The molecule has 0 aromatic heterocycles. The highest BCUT2D eigenvalue weighted by atomic mass is 16.5. The molecule has 0 fully saturated rings. The SMILES string of the molecule is COc1cc(C(=O)NNC(=O)CCOc2cc(C)ccc2C)ccc1OC(C)C. The van der Waals surface area contributed by atoms with E-state index < -0.39 is 5.91 Å². The highest BCUT2D eigenvalue weighted by Gasteiger charge is 2.13. The summed E-state index contributed by atoms with van der Waals surface area (Å²) in [5, 5.41) is 0. The number of methoxy groups -OCH3 is 1. The van der Waals surface area contributed by atoms with Crippen LogP contribution < -0.4 is 25.1 Å². The standard InChI is InChI=1S/C22H28N2O5/c1-14(2)29-18-9-8-17(13-20(18)27-5)22(26)24-23-21(25)10-11-28-19-12-15(3)6-7-16(19)4/h6-9,12-14H,10-11H2,1-5H3,(H,23,25)(H,24,26). The third-order valence-corrected chi connectivity index (χ3v) is 4.03. The highest BCUT2D eigenvalue weighted by Crippen LogP contribution is 2.28. The summed E-state index contributed by atoms with van der Waals surface area (Å²) in [4.78, 5) is 24.2. The summed E-state index contributed by atoms with van der Waals surface area (Å²) >= 11 is 0. The molecule has 0 saturated heterocycles. The Bertz CT molecular complexity index is 864. The fraction of sp³-hybridized carbons (Fsp3) is 0.364. The average Bonchev–Trinajstić information content (AvgIpc) is 2.68. The van der Waals surface area contributed by atoms with Crippen LogP contribution in [0.4, 0.5) is 0 Å². The molecule has 7 nitrogen and oxygen atoms in total. The molecular weight excluding hydrogens is 372 g/mol. The Kier molecular flexibility index (Phi) is 7.88. The first kappa shape index (κ1) is 22.1. The van der Waals surface area contributed by atoms with E-state index >= 15 is 0 Å². The third-order valence-electron chi connectivity index (χ3n) is 4.03. The zero-order valence-corrected chi connectivity index (χ0v) is 17.5. The van der Waals surface area contributed by atoms with Gasteiger partial charge in [-0.3, -0.25) is 20.4 Å². The van der Waals surface area contributed by atoms with Gasteiger partial charge in [-0.1, -0.05) is 12.1 Å². The monoisotopic (exact) mass is 400 g/mol. The number of benzene rings is 2. The van der Waals surface area contributed by atoms with Crippen LogP contribution in [-0.4, -0.2) is 31.6 Å². The number of carbonyl (C=O) groups is 2. The molecule has 0 heterocycles. The minimum atomic E-state index is -0.455. The van der Waals surface area contributed by atoms with Crippen molar-refractivity contribution in [1.82, 2.24) is 10.9 Å². The van der Waals surface area contributed by atoms with E-state index in [1.165, 1.54) is 7.11 Å². The van der Waals surface area contributed by atoms with Gasteiger partial charge in [-0.25, -0.2) is 0 Å². The molecule has 2 aromatic carbocycles. The topological polar surface area (TPSA) is 85.9 Å². The fourth-order valence-corrected chi connectivity index (χ4v) is 2.54. The molecule has 2 aromatic rings. The Labute approximate surface area is 171 Å². The normalized spacial score (nSPS) is 10.4. The quantitative estimate of drug-likeness (QED) is 0.664. The molecule has 2 amide bonds. The lowest BCUT2D eigenvalue weighted by Crippen LogP contribution is -2.42. The van der Waals surface area contributed by atoms with Crippen LogP contribution in [0.1, 0.15) is 41.8 Å². The van der Waals surface area contributed by atoms with Gasteiger partial charge in [0, 0.05) is 5.56 Å². The van der Waals surface area contributed by atoms with E-state index in [0.717, 1.165) is 16.9 Å². The molecule has 0 saturated carbocycles. The molecule has 156 valence electrons. The van der Waals surface area contributed by atoms with Crippen molar-refractivity contribution in [2.75, 3.05) is 13.7 Å². The first-order chi connectivity index (χ1) is 13.8. The number of nitrogens with one attached hydrogen (secondary N) is 2. The molecule has 0 aliphatic carbocycles. The maximum atomic E-state index is 12.3. The van der Waals surface area contributed by atoms with Crippen LogP contribution in [0.25, 0.3) is 0 Å². The smallest absolute Gasteiger partial charge is 0.269 e. The number of hydrazine groups is 1. The first-order valence-corrected chi connectivity index (χ1v) is 9.44. The minimum absolute atomic E-state index is 0.0197. The molecule has 0 radical (unpaired) electrons. The predicted molar refractivity (Wildman–Crippen MR) is 110 cm³/mol. The van der Waals surface area contributed by atoms with Crippen LogP contribution in [0.15, 0.2) is 36.4 Å². The summed E-state index contributed by atoms with van der Waals surface area (Å²) in [5.74, 6) is 0.933. The molecule has 29 heavy (non-hydrogen) atoms. The zero-order chi connectivity index (χ0) is 21.4. The lowest BCUT2D eigenvalue weighted by Gasteiger charge is -2.14.